The van der Waals surface area contributed by atoms with Crippen LogP contribution >= 0.6 is 0 Å². The van der Waals surface area contributed by atoms with Gasteiger partial charge in [0.05, 0.1) is 29.4 Å². The average molecular weight is 415 g/mol. The largest absolute Gasteiger partial charge is 0.403 e. The van der Waals surface area contributed by atoms with Crippen LogP contribution in [0.25, 0.3) is 0 Å². The number of aliphatic hydroxyl groups is 2. The van der Waals surface area contributed by atoms with Crippen molar-refractivity contribution in [1.29, 1.82) is 0 Å². The summed E-state index contributed by atoms with van der Waals surface area (Å²) in [5.74, 6) is 6.05. The first-order valence-corrected chi connectivity index (χ1v) is 10.1. The van der Waals surface area contributed by atoms with Crippen molar-refractivity contribution in [2.75, 3.05) is 6.54 Å². The molecule has 0 aromatic rings. The minimum atomic E-state index is -1.16. The van der Waals surface area contributed by atoms with Gasteiger partial charge >= 0.3 is 0 Å². The number of nitrogens with two attached hydrogens (primary N) is 3. The van der Waals surface area contributed by atoms with Crippen molar-refractivity contribution in [3.05, 3.63) is 11.9 Å². The fraction of sp³-hybridized carbons (Fsp3) is 0.789. The molecule has 0 spiro atoms. The van der Waals surface area contributed by atoms with E-state index in [0.29, 0.717) is 18.7 Å². The fourth-order valence-electron chi connectivity index (χ4n) is 4.09. The molecule has 1 aliphatic heterocycles. The molecule has 2 amide bonds. The predicted octanol–water partition coefficient (Wildman–Crippen LogP) is -1.23. The van der Waals surface area contributed by atoms with Crippen LogP contribution in [0.3, 0.4) is 0 Å². The van der Waals surface area contributed by atoms with Gasteiger partial charge in [0, 0.05) is 12.7 Å². The molecule has 3 atom stereocenters. The number of carbonyl (C=O) groups excluding carboxylic acids is 2. The summed E-state index contributed by atoms with van der Waals surface area (Å²) >= 11 is 0. The van der Waals surface area contributed by atoms with Gasteiger partial charge in [0.1, 0.15) is 5.60 Å². The monoisotopic (exact) mass is 414 g/mol. The van der Waals surface area contributed by atoms with E-state index in [1.54, 1.807) is 20.8 Å². The lowest BCUT2D eigenvalue weighted by Crippen LogP contribution is -2.59. The molecule has 1 aliphatic carbocycles. The molecule has 10 N–H and O–H groups in total. The number of hydrogen-bond donors (Lipinski definition) is 7. The second-order valence-corrected chi connectivity index (χ2v) is 8.39. The van der Waals surface area contributed by atoms with E-state index in [1.807, 2.05) is 0 Å². The van der Waals surface area contributed by atoms with Gasteiger partial charge in [-0.05, 0) is 40.0 Å². The first-order chi connectivity index (χ1) is 13.5. The molecule has 0 radical (unpaired) electrons. The lowest BCUT2D eigenvalue weighted by molar-refractivity contribution is -0.127. The van der Waals surface area contributed by atoms with Gasteiger partial charge in [-0.2, -0.15) is 0 Å². The fourth-order valence-corrected chi connectivity index (χ4v) is 4.09. The van der Waals surface area contributed by atoms with Crippen molar-refractivity contribution in [3.8, 4) is 0 Å². The van der Waals surface area contributed by atoms with Crippen molar-refractivity contribution in [1.82, 2.24) is 15.6 Å². The molecule has 168 valence electrons. The molecule has 2 aliphatic rings. The highest BCUT2D eigenvalue weighted by Crippen LogP contribution is 2.31. The Bertz CT molecular complexity index is 570. The van der Waals surface area contributed by atoms with E-state index in [0.717, 1.165) is 32.1 Å². The number of nitrogens with one attached hydrogen (secondary N) is 2. The van der Waals surface area contributed by atoms with Gasteiger partial charge in [0.15, 0.2) is 0 Å². The molecule has 2 fully saturated rings. The van der Waals surface area contributed by atoms with E-state index in [1.165, 1.54) is 11.2 Å². The lowest BCUT2D eigenvalue weighted by Gasteiger charge is -2.41. The predicted molar refractivity (Wildman–Crippen MR) is 111 cm³/mol. The number of carbonyl (C=O) groups is 2. The Morgan fingerprint density at radius 1 is 1.31 bits per heavy atom. The Hall–Kier alpha value is -1.88. The molecule has 3 unspecified atom stereocenters. The summed E-state index contributed by atoms with van der Waals surface area (Å²) in [5, 5.41) is 28.2. The van der Waals surface area contributed by atoms with E-state index in [9.17, 15) is 15.0 Å². The number of aliphatic hydroxyl groups excluding tert-OH is 1. The molecular weight excluding hydrogens is 376 g/mol. The zero-order valence-electron chi connectivity index (χ0n) is 17.7. The van der Waals surface area contributed by atoms with Crippen molar-refractivity contribution >= 4 is 12.3 Å². The van der Waals surface area contributed by atoms with E-state index in [4.69, 9.17) is 16.4 Å². The first kappa shape index (κ1) is 25.2. The maximum atomic E-state index is 12.8. The molecule has 0 bridgehead atoms. The van der Waals surface area contributed by atoms with E-state index in [-0.39, 0.29) is 24.4 Å². The Labute approximate surface area is 172 Å². The number of hydrogen-bond acceptors (Lipinski definition) is 8. The maximum Gasteiger partial charge on any atom is 0.237 e. The smallest absolute Gasteiger partial charge is 0.237 e. The third-order valence-electron chi connectivity index (χ3n) is 5.80. The maximum absolute atomic E-state index is 12.8. The summed E-state index contributed by atoms with van der Waals surface area (Å²) in [7, 11) is 0. The van der Waals surface area contributed by atoms with Gasteiger partial charge in [-0.3, -0.25) is 9.59 Å². The molecule has 1 saturated heterocycles. The summed E-state index contributed by atoms with van der Waals surface area (Å²) < 4.78 is 0. The van der Waals surface area contributed by atoms with Gasteiger partial charge < -0.3 is 37.3 Å². The number of amides is 2. The number of rotatable bonds is 6. The Balaban J connectivity index is 0.00000132. The van der Waals surface area contributed by atoms with Crippen LogP contribution < -0.4 is 27.9 Å². The SMILES string of the molecule is CC(O)C1(NC(=O)C2CC(N(N)/C(=C\N)C(C)(C)O)CN2)CCCCC1.NC=O. The summed E-state index contributed by atoms with van der Waals surface area (Å²) in [6.45, 7) is 5.50. The quantitative estimate of drug-likeness (QED) is 0.160. The third kappa shape index (κ3) is 6.56. The molecule has 2 rings (SSSR count). The van der Waals surface area contributed by atoms with Crippen LogP contribution in [0.5, 0.6) is 0 Å². The number of nitrogens with zero attached hydrogens (tertiary/aromatic N) is 1. The van der Waals surface area contributed by atoms with Gasteiger partial charge in [0.25, 0.3) is 0 Å². The molecule has 10 nitrogen and oxygen atoms in total. The average Bonchev–Trinajstić information content (AvgIpc) is 3.12. The van der Waals surface area contributed by atoms with Gasteiger partial charge in [-0.25, -0.2) is 5.84 Å². The summed E-state index contributed by atoms with van der Waals surface area (Å²) in [6, 6.07) is -0.537. The van der Waals surface area contributed by atoms with Gasteiger partial charge in [0.2, 0.25) is 12.3 Å². The molecule has 1 saturated carbocycles. The van der Waals surface area contributed by atoms with Crippen LogP contribution in [-0.2, 0) is 9.59 Å². The van der Waals surface area contributed by atoms with Crippen molar-refractivity contribution in [3.63, 3.8) is 0 Å². The van der Waals surface area contributed by atoms with E-state index >= 15 is 0 Å². The van der Waals surface area contributed by atoms with E-state index in [2.05, 4.69) is 16.4 Å². The lowest BCUT2D eigenvalue weighted by atomic mass is 9.78. The Morgan fingerprint density at radius 2 is 1.86 bits per heavy atom. The van der Waals surface area contributed by atoms with Crippen molar-refractivity contribution < 1.29 is 19.8 Å². The number of hydrazine groups is 1. The standard InChI is InChI=1S/C18H35N5O3.CH3NO/c1-12(24)18(7-5-4-6-8-18)22-16(25)14-9-13(11-21-14)23(20)15(10-19)17(2,3)26;2-1-3/h10,12-14,21,24,26H,4-9,11,19-20H2,1-3H3,(H,22,25);1H,(H2,2,3)/b15-10-;. The van der Waals surface area contributed by atoms with Crippen molar-refractivity contribution in [2.45, 2.75) is 88.6 Å². The summed E-state index contributed by atoms with van der Waals surface area (Å²) in [4.78, 5) is 21.4. The third-order valence-corrected chi connectivity index (χ3v) is 5.80. The Kier molecular flexibility index (Phi) is 9.34. The normalized spacial score (nSPS) is 25.4. The van der Waals surface area contributed by atoms with Crippen LogP contribution in [0, 0.1) is 0 Å². The molecule has 0 aromatic carbocycles. The molecular formula is C19H38N6O4. The highest BCUT2D eigenvalue weighted by atomic mass is 16.3. The van der Waals surface area contributed by atoms with Crippen LogP contribution in [0.4, 0.5) is 0 Å². The van der Waals surface area contributed by atoms with Crippen molar-refractivity contribution in [2.24, 2.45) is 17.3 Å². The zero-order valence-corrected chi connectivity index (χ0v) is 17.7. The zero-order chi connectivity index (χ0) is 22.2. The Morgan fingerprint density at radius 3 is 2.31 bits per heavy atom. The second-order valence-electron chi connectivity index (χ2n) is 8.39. The molecule has 1 heterocycles. The van der Waals surface area contributed by atoms with Crippen LogP contribution in [0.2, 0.25) is 0 Å². The number of primary amides is 1. The molecule has 0 aromatic heterocycles. The van der Waals surface area contributed by atoms with Crippen LogP contribution in [-0.4, -0.2) is 63.4 Å². The van der Waals surface area contributed by atoms with Crippen LogP contribution in [0.1, 0.15) is 59.3 Å². The second kappa shape index (κ2) is 10.8. The minimum Gasteiger partial charge on any atom is -0.403 e. The van der Waals surface area contributed by atoms with Crippen LogP contribution in [0.15, 0.2) is 11.9 Å². The van der Waals surface area contributed by atoms with E-state index < -0.39 is 17.2 Å². The molecule has 10 heteroatoms. The summed E-state index contributed by atoms with van der Waals surface area (Å²) in [6.07, 6.45) is 6.24. The summed E-state index contributed by atoms with van der Waals surface area (Å²) in [5.41, 5.74) is 8.51. The topological polar surface area (TPSA) is 180 Å². The first-order valence-electron chi connectivity index (χ1n) is 10.1. The van der Waals surface area contributed by atoms with Gasteiger partial charge in [-0.1, -0.05) is 19.3 Å². The molecule has 29 heavy (non-hydrogen) atoms. The highest BCUT2D eigenvalue weighted by molar-refractivity contribution is 5.83. The minimum absolute atomic E-state index is 0.106. The van der Waals surface area contributed by atoms with Gasteiger partial charge in [-0.15, -0.1) is 0 Å². The highest BCUT2D eigenvalue weighted by Gasteiger charge is 2.42.